The lowest BCUT2D eigenvalue weighted by atomic mass is 9.73. The van der Waals surface area contributed by atoms with E-state index in [0.717, 1.165) is 22.4 Å². The summed E-state index contributed by atoms with van der Waals surface area (Å²) in [6.07, 6.45) is 1.15. The highest BCUT2D eigenvalue weighted by molar-refractivity contribution is 5.99. The molecule has 0 radical (unpaired) electrons. The van der Waals surface area contributed by atoms with Crippen molar-refractivity contribution in [2.24, 2.45) is 0 Å². The third kappa shape index (κ3) is 3.69. The van der Waals surface area contributed by atoms with Gasteiger partial charge in [-0.2, -0.15) is 0 Å². The number of hydrogen-bond donors (Lipinski definition) is 1. The van der Waals surface area contributed by atoms with Crippen LogP contribution in [0.4, 0.5) is 10.1 Å². The van der Waals surface area contributed by atoms with Gasteiger partial charge in [-0.15, -0.1) is 0 Å². The van der Waals surface area contributed by atoms with Crippen molar-refractivity contribution in [3.8, 4) is 11.1 Å². The number of rotatable bonds is 4. The van der Waals surface area contributed by atoms with Gasteiger partial charge >= 0.3 is 0 Å². The average Bonchev–Trinajstić information content (AvgIpc) is 2.76. The maximum absolute atomic E-state index is 13.4. The largest absolute Gasteiger partial charge is 0.381 e. The minimum atomic E-state index is -0.704. The molecule has 28 heavy (non-hydrogen) atoms. The van der Waals surface area contributed by atoms with Crippen molar-refractivity contribution in [2.75, 3.05) is 18.5 Å². The van der Waals surface area contributed by atoms with Crippen LogP contribution in [0.3, 0.4) is 0 Å². The summed E-state index contributed by atoms with van der Waals surface area (Å²) in [6, 6.07) is 24.2. The Bertz CT molecular complexity index is 931. The van der Waals surface area contributed by atoms with Crippen LogP contribution in [0.2, 0.25) is 0 Å². The van der Waals surface area contributed by atoms with Crippen LogP contribution in [-0.4, -0.2) is 19.1 Å². The summed E-state index contributed by atoms with van der Waals surface area (Å²) in [6.45, 7) is 1.02. The Labute approximate surface area is 164 Å². The Balaban J connectivity index is 1.57. The van der Waals surface area contributed by atoms with Crippen molar-refractivity contribution >= 4 is 11.6 Å². The molecule has 1 fully saturated rings. The maximum atomic E-state index is 13.4. The summed E-state index contributed by atoms with van der Waals surface area (Å²) < 4.78 is 18.9. The van der Waals surface area contributed by atoms with E-state index in [1.54, 1.807) is 12.1 Å². The molecule has 1 saturated heterocycles. The van der Waals surface area contributed by atoms with Gasteiger partial charge in [0.2, 0.25) is 5.91 Å². The second kappa shape index (κ2) is 7.95. The van der Waals surface area contributed by atoms with Crippen molar-refractivity contribution in [1.29, 1.82) is 0 Å². The average molecular weight is 375 g/mol. The van der Waals surface area contributed by atoms with E-state index in [-0.39, 0.29) is 11.7 Å². The summed E-state index contributed by atoms with van der Waals surface area (Å²) in [5.74, 6) is -0.377. The normalized spacial score (nSPS) is 15.8. The van der Waals surface area contributed by atoms with E-state index in [2.05, 4.69) is 17.4 Å². The van der Waals surface area contributed by atoms with Crippen molar-refractivity contribution < 1.29 is 13.9 Å². The molecule has 4 rings (SSSR count). The molecule has 0 saturated carbocycles. The van der Waals surface area contributed by atoms with Crippen LogP contribution in [0.15, 0.2) is 78.9 Å². The second-order valence-electron chi connectivity index (χ2n) is 7.10. The van der Waals surface area contributed by atoms with Gasteiger partial charge in [-0.1, -0.05) is 54.6 Å². The zero-order valence-corrected chi connectivity index (χ0v) is 15.5. The van der Waals surface area contributed by atoms with E-state index in [0.29, 0.717) is 26.1 Å². The van der Waals surface area contributed by atoms with Gasteiger partial charge in [0.1, 0.15) is 5.82 Å². The van der Waals surface area contributed by atoms with Gasteiger partial charge < -0.3 is 10.1 Å². The van der Waals surface area contributed by atoms with Gasteiger partial charge in [0.05, 0.1) is 5.41 Å². The first-order valence-corrected chi connectivity index (χ1v) is 9.48. The lowest BCUT2D eigenvalue weighted by molar-refractivity contribution is -0.125. The van der Waals surface area contributed by atoms with Crippen LogP contribution in [0.25, 0.3) is 11.1 Å². The highest BCUT2D eigenvalue weighted by atomic mass is 19.1. The van der Waals surface area contributed by atoms with Crippen LogP contribution >= 0.6 is 0 Å². The van der Waals surface area contributed by atoms with E-state index in [1.807, 2.05) is 42.5 Å². The number of carbonyl (C=O) groups is 1. The Hall–Kier alpha value is -2.98. The summed E-state index contributed by atoms with van der Waals surface area (Å²) in [7, 11) is 0. The molecule has 3 aromatic rings. The number of amides is 1. The van der Waals surface area contributed by atoms with Crippen molar-refractivity contribution in [3.05, 3.63) is 90.2 Å². The van der Waals surface area contributed by atoms with Crippen LogP contribution in [0.1, 0.15) is 18.4 Å². The highest BCUT2D eigenvalue weighted by Crippen LogP contribution is 2.36. The van der Waals surface area contributed by atoms with Gasteiger partial charge in [0, 0.05) is 18.9 Å². The van der Waals surface area contributed by atoms with E-state index in [9.17, 15) is 9.18 Å². The number of halogens is 1. The minimum Gasteiger partial charge on any atom is -0.381 e. The predicted octanol–water partition coefficient (Wildman–Crippen LogP) is 5.18. The SMILES string of the molecule is O=C(Nc1ccc(-c2ccccc2)cc1)C1(c2ccc(F)cc2)CCOCC1. The van der Waals surface area contributed by atoms with Gasteiger partial charge in [-0.3, -0.25) is 4.79 Å². The fourth-order valence-corrected chi connectivity index (χ4v) is 3.76. The predicted molar refractivity (Wildman–Crippen MR) is 109 cm³/mol. The molecular formula is C24H22FNO2. The zero-order chi connectivity index (χ0) is 19.4. The third-order valence-electron chi connectivity index (χ3n) is 5.43. The van der Waals surface area contributed by atoms with Crippen LogP contribution < -0.4 is 5.32 Å². The molecule has 0 atom stereocenters. The molecule has 0 unspecified atom stereocenters. The summed E-state index contributed by atoms with van der Waals surface area (Å²) in [5, 5.41) is 3.06. The molecule has 4 heteroatoms. The first kappa shape index (κ1) is 18.4. The molecule has 1 N–H and O–H groups in total. The van der Waals surface area contributed by atoms with E-state index >= 15 is 0 Å². The van der Waals surface area contributed by atoms with Gasteiger partial charge in [0.15, 0.2) is 0 Å². The van der Waals surface area contributed by atoms with E-state index < -0.39 is 5.41 Å². The fourth-order valence-electron chi connectivity index (χ4n) is 3.76. The molecule has 0 aromatic heterocycles. The maximum Gasteiger partial charge on any atom is 0.235 e. The molecule has 1 amide bonds. The third-order valence-corrected chi connectivity index (χ3v) is 5.43. The Kier molecular flexibility index (Phi) is 5.22. The Morgan fingerprint density at radius 1 is 0.821 bits per heavy atom. The molecule has 1 aliphatic heterocycles. The summed E-state index contributed by atoms with van der Waals surface area (Å²) >= 11 is 0. The van der Waals surface area contributed by atoms with Crippen molar-refractivity contribution in [1.82, 2.24) is 0 Å². The number of carbonyl (C=O) groups excluding carboxylic acids is 1. The molecule has 142 valence electrons. The molecule has 0 spiro atoms. The molecule has 0 aliphatic carbocycles. The quantitative estimate of drug-likeness (QED) is 0.682. The minimum absolute atomic E-state index is 0.0742. The molecule has 3 nitrogen and oxygen atoms in total. The number of nitrogens with one attached hydrogen (secondary N) is 1. The Morgan fingerprint density at radius 3 is 2.07 bits per heavy atom. The first-order chi connectivity index (χ1) is 13.7. The molecule has 1 heterocycles. The monoisotopic (exact) mass is 375 g/mol. The number of anilines is 1. The second-order valence-corrected chi connectivity index (χ2v) is 7.10. The Morgan fingerprint density at radius 2 is 1.43 bits per heavy atom. The summed E-state index contributed by atoms with van der Waals surface area (Å²) in [5.41, 5.74) is 3.10. The highest BCUT2D eigenvalue weighted by Gasteiger charge is 2.41. The number of ether oxygens (including phenoxy) is 1. The lowest BCUT2D eigenvalue weighted by Crippen LogP contribution is -2.44. The number of benzene rings is 3. The van der Waals surface area contributed by atoms with Gasteiger partial charge in [0.25, 0.3) is 0 Å². The zero-order valence-electron chi connectivity index (χ0n) is 15.5. The number of hydrogen-bond acceptors (Lipinski definition) is 2. The van der Waals surface area contributed by atoms with Crippen LogP contribution in [-0.2, 0) is 14.9 Å². The summed E-state index contributed by atoms with van der Waals surface area (Å²) in [4.78, 5) is 13.3. The molecular weight excluding hydrogens is 353 g/mol. The van der Waals surface area contributed by atoms with Crippen LogP contribution in [0, 0.1) is 5.82 Å². The van der Waals surface area contributed by atoms with Gasteiger partial charge in [-0.05, 0) is 53.8 Å². The fraction of sp³-hybridized carbons (Fsp3) is 0.208. The van der Waals surface area contributed by atoms with E-state index in [4.69, 9.17) is 4.74 Å². The van der Waals surface area contributed by atoms with Crippen LogP contribution in [0.5, 0.6) is 0 Å². The molecule has 0 bridgehead atoms. The van der Waals surface area contributed by atoms with Crippen molar-refractivity contribution in [2.45, 2.75) is 18.3 Å². The first-order valence-electron chi connectivity index (χ1n) is 9.48. The van der Waals surface area contributed by atoms with Crippen molar-refractivity contribution in [3.63, 3.8) is 0 Å². The molecule has 1 aliphatic rings. The molecule has 3 aromatic carbocycles. The smallest absolute Gasteiger partial charge is 0.235 e. The lowest BCUT2D eigenvalue weighted by Gasteiger charge is -2.36. The van der Waals surface area contributed by atoms with Gasteiger partial charge in [-0.25, -0.2) is 4.39 Å². The standard InChI is InChI=1S/C24H22FNO2/c25-21-10-8-20(9-11-21)24(14-16-28-17-15-24)23(27)26-22-12-6-19(7-13-22)18-4-2-1-3-5-18/h1-13H,14-17H2,(H,26,27). The topological polar surface area (TPSA) is 38.3 Å². The van der Waals surface area contributed by atoms with E-state index in [1.165, 1.54) is 12.1 Å².